The Balaban J connectivity index is 1.99. The maximum Gasteiger partial charge on any atom is 0.417 e. The van der Waals surface area contributed by atoms with Gasteiger partial charge in [-0.25, -0.2) is 0 Å². The summed E-state index contributed by atoms with van der Waals surface area (Å²) < 4.78 is 40.2. The summed E-state index contributed by atoms with van der Waals surface area (Å²) in [6, 6.07) is 2.24. The Bertz CT molecular complexity index is 936. The molecular weight excluding hydrogens is 391 g/mol. The number of hydrogen-bond acceptors (Lipinski definition) is 4. The van der Waals surface area contributed by atoms with Crippen LogP contribution in [-0.2, 0) is 28.9 Å². The van der Waals surface area contributed by atoms with E-state index in [1.807, 2.05) is 5.43 Å². The Morgan fingerprint density at radius 2 is 1.74 bits per heavy atom. The van der Waals surface area contributed by atoms with Crippen molar-refractivity contribution in [1.82, 2.24) is 25.2 Å². The minimum Gasteiger partial charge on any atom is -0.304 e. The number of nitrogens with zero attached hydrogens (tertiary/aromatic N) is 3. The Hall–Kier alpha value is -2.82. The number of nitrogens with one attached hydrogen (secondary N) is 2. The van der Waals surface area contributed by atoms with Crippen LogP contribution in [0.25, 0.3) is 0 Å². The van der Waals surface area contributed by atoms with Gasteiger partial charge in [0.05, 0.1) is 11.3 Å². The Kier molecular flexibility index (Phi) is 5.94. The number of carbonyl (C=O) groups excluding carboxylic acids is 2. The minimum atomic E-state index is -4.73. The van der Waals surface area contributed by atoms with Crippen molar-refractivity contribution >= 4 is 23.4 Å². The van der Waals surface area contributed by atoms with Crippen LogP contribution < -0.4 is 16.4 Å². The number of aryl methyl sites for hydroxylation is 2. The molecule has 0 atom stereocenters. The Morgan fingerprint density at radius 3 is 2.26 bits per heavy atom. The van der Waals surface area contributed by atoms with Gasteiger partial charge in [0.15, 0.2) is 0 Å². The number of carbonyl (C=O) groups is 2. The fourth-order valence-electron chi connectivity index (χ4n) is 2.22. The van der Waals surface area contributed by atoms with Gasteiger partial charge in [-0.1, -0.05) is 11.6 Å². The minimum absolute atomic E-state index is 0.171. The third-order valence-electron chi connectivity index (χ3n) is 3.42. The molecule has 0 radical (unpaired) electrons. The van der Waals surface area contributed by atoms with Crippen LogP contribution in [0.15, 0.2) is 23.1 Å². The molecule has 8 nitrogen and oxygen atoms in total. The topological polar surface area (TPSA) is 98.0 Å². The fraction of sp³-hybridized carbons (Fsp3) is 0.333. The summed E-state index contributed by atoms with van der Waals surface area (Å²) in [5, 5.41) is 3.40. The summed E-state index contributed by atoms with van der Waals surface area (Å²) in [5.74, 6) is -1.52. The van der Waals surface area contributed by atoms with E-state index >= 15 is 0 Å². The van der Waals surface area contributed by atoms with E-state index in [0.29, 0.717) is 22.5 Å². The number of hydrazine groups is 1. The molecule has 2 N–H and O–H groups in total. The molecule has 0 spiro atoms. The van der Waals surface area contributed by atoms with Crippen LogP contribution in [0.3, 0.4) is 0 Å². The van der Waals surface area contributed by atoms with Crippen molar-refractivity contribution in [2.45, 2.75) is 33.1 Å². The fourth-order valence-corrected chi connectivity index (χ4v) is 2.44. The average molecular weight is 406 g/mol. The summed E-state index contributed by atoms with van der Waals surface area (Å²) in [7, 11) is 0. The zero-order chi connectivity index (χ0) is 20.4. The first-order chi connectivity index (χ1) is 12.5. The van der Waals surface area contributed by atoms with Crippen molar-refractivity contribution in [2.75, 3.05) is 0 Å². The first-order valence-electron chi connectivity index (χ1n) is 7.53. The van der Waals surface area contributed by atoms with Crippen LogP contribution in [0.4, 0.5) is 13.2 Å². The number of alkyl halides is 3. The molecule has 12 heteroatoms. The van der Waals surface area contributed by atoms with Crippen LogP contribution in [0.1, 0.15) is 17.0 Å². The molecule has 0 saturated carbocycles. The smallest absolute Gasteiger partial charge is 0.304 e. The lowest BCUT2D eigenvalue weighted by Crippen LogP contribution is -2.45. The molecule has 2 heterocycles. The van der Waals surface area contributed by atoms with Gasteiger partial charge in [-0.15, -0.1) is 0 Å². The zero-order valence-corrected chi connectivity index (χ0v) is 15.0. The maximum atomic E-state index is 12.8. The van der Waals surface area contributed by atoms with E-state index in [1.54, 1.807) is 19.9 Å². The molecule has 0 saturated heterocycles. The molecule has 146 valence electrons. The molecule has 2 aromatic rings. The lowest BCUT2D eigenvalue weighted by atomic mass is 10.2. The monoisotopic (exact) mass is 405 g/mol. The van der Waals surface area contributed by atoms with Gasteiger partial charge < -0.3 is 4.57 Å². The maximum absolute atomic E-state index is 12.8. The molecule has 0 fully saturated rings. The lowest BCUT2D eigenvalue weighted by molar-refractivity contribution is -0.138. The molecule has 2 rings (SSSR count). The molecule has 0 aliphatic carbocycles. The second kappa shape index (κ2) is 7.82. The number of aromatic nitrogens is 3. The highest BCUT2D eigenvalue weighted by atomic mass is 35.5. The van der Waals surface area contributed by atoms with E-state index in [0.717, 1.165) is 5.69 Å². The number of amides is 2. The van der Waals surface area contributed by atoms with Gasteiger partial charge in [0.2, 0.25) is 0 Å². The molecule has 0 aromatic carbocycles. The predicted octanol–water partition coefficient (Wildman–Crippen LogP) is 1.18. The number of halogens is 4. The normalized spacial score (nSPS) is 11.3. The first-order valence-corrected chi connectivity index (χ1v) is 7.91. The molecular formula is C15H15ClF3N5O3. The van der Waals surface area contributed by atoms with E-state index in [4.69, 9.17) is 11.6 Å². The zero-order valence-electron chi connectivity index (χ0n) is 14.2. The molecule has 0 bridgehead atoms. The van der Waals surface area contributed by atoms with Crippen molar-refractivity contribution in [1.29, 1.82) is 0 Å². The van der Waals surface area contributed by atoms with E-state index in [1.165, 1.54) is 4.68 Å². The van der Waals surface area contributed by atoms with E-state index in [2.05, 4.69) is 10.5 Å². The van der Waals surface area contributed by atoms with Crippen LogP contribution in [-0.4, -0.2) is 26.2 Å². The highest BCUT2D eigenvalue weighted by Gasteiger charge is 2.32. The molecule has 0 aliphatic heterocycles. The predicted molar refractivity (Wildman–Crippen MR) is 88.7 cm³/mol. The Labute approximate surface area is 155 Å². The quantitative estimate of drug-likeness (QED) is 0.746. The van der Waals surface area contributed by atoms with E-state index < -0.39 is 40.7 Å². The summed E-state index contributed by atoms with van der Waals surface area (Å²) >= 11 is 5.50. The molecule has 27 heavy (non-hydrogen) atoms. The summed E-state index contributed by atoms with van der Waals surface area (Å²) in [4.78, 5) is 35.4. The van der Waals surface area contributed by atoms with Crippen molar-refractivity contribution in [2.24, 2.45) is 0 Å². The summed E-state index contributed by atoms with van der Waals surface area (Å²) in [6.07, 6.45) is -4.25. The number of pyridine rings is 1. The largest absolute Gasteiger partial charge is 0.417 e. The third-order valence-corrected chi connectivity index (χ3v) is 3.69. The van der Waals surface area contributed by atoms with Gasteiger partial charge >= 0.3 is 6.18 Å². The standard InChI is InChI=1S/C15H15ClF3N5O3/c1-8-3-9(2)24(22-8)7-13(26)21-20-12(25)6-23-5-10(15(17,18)19)4-11(16)14(23)27/h3-5H,6-7H2,1-2H3,(H,20,25)(H,21,26). The van der Waals surface area contributed by atoms with Crippen molar-refractivity contribution in [3.8, 4) is 0 Å². The lowest BCUT2D eigenvalue weighted by Gasteiger charge is -2.12. The highest BCUT2D eigenvalue weighted by Crippen LogP contribution is 2.29. The van der Waals surface area contributed by atoms with Crippen LogP contribution in [0, 0.1) is 13.8 Å². The van der Waals surface area contributed by atoms with Crippen LogP contribution >= 0.6 is 11.6 Å². The average Bonchev–Trinajstić information content (AvgIpc) is 2.86. The van der Waals surface area contributed by atoms with Gasteiger partial charge in [-0.3, -0.25) is 29.9 Å². The second-order valence-electron chi connectivity index (χ2n) is 5.69. The molecule has 2 amide bonds. The van der Waals surface area contributed by atoms with Crippen molar-refractivity contribution in [3.63, 3.8) is 0 Å². The second-order valence-corrected chi connectivity index (χ2v) is 6.10. The van der Waals surface area contributed by atoms with Gasteiger partial charge in [0.1, 0.15) is 18.1 Å². The van der Waals surface area contributed by atoms with Crippen molar-refractivity contribution < 1.29 is 22.8 Å². The third kappa shape index (κ3) is 5.33. The van der Waals surface area contributed by atoms with Gasteiger partial charge in [-0.05, 0) is 26.0 Å². The Morgan fingerprint density at radius 1 is 1.15 bits per heavy atom. The van der Waals surface area contributed by atoms with Gasteiger partial charge in [-0.2, -0.15) is 18.3 Å². The summed E-state index contributed by atoms with van der Waals surface area (Å²) in [6.45, 7) is 2.56. The van der Waals surface area contributed by atoms with Gasteiger partial charge in [0, 0.05) is 11.9 Å². The van der Waals surface area contributed by atoms with Gasteiger partial charge in [0.25, 0.3) is 17.4 Å². The van der Waals surface area contributed by atoms with Crippen molar-refractivity contribution in [3.05, 3.63) is 50.7 Å². The summed E-state index contributed by atoms with van der Waals surface area (Å²) in [5.41, 5.74) is 3.43. The van der Waals surface area contributed by atoms with E-state index in [9.17, 15) is 27.6 Å². The van der Waals surface area contributed by atoms with E-state index in [-0.39, 0.29) is 6.54 Å². The van der Waals surface area contributed by atoms with Crippen LogP contribution in [0.5, 0.6) is 0 Å². The highest BCUT2D eigenvalue weighted by molar-refractivity contribution is 6.30. The molecule has 0 aliphatic rings. The first kappa shape index (κ1) is 20.5. The van der Waals surface area contributed by atoms with Crippen LogP contribution in [0.2, 0.25) is 5.02 Å². The number of hydrogen-bond donors (Lipinski definition) is 2. The molecule has 0 unspecified atom stereocenters. The number of rotatable bonds is 4. The SMILES string of the molecule is Cc1cc(C)n(CC(=O)NNC(=O)Cn2cc(C(F)(F)F)cc(Cl)c2=O)n1. The molecule has 2 aromatic heterocycles.